The van der Waals surface area contributed by atoms with E-state index in [1.807, 2.05) is 25.1 Å². The average molecular weight is 342 g/mol. The summed E-state index contributed by atoms with van der Waals surface area (Å²) in [6.07, 6.45) is 5.05. The average Bonchev–Trinajstić information content (AvgIpc) is 3.05. The van der Waals surface area contributed by atoms with E-state index < -0.39 is 0 Å². The Morgan fingerprint density at radius 2 is 1.92 bits per heavy atom. The molecule has 1 aromatic heterocycles. The first kappa shape index (κ1) is 16.8. The molecule has 1 aliphatic carbocycles. The number of thiazole rings is 1. The Morgan fingerprint density at radius 1 is 1.17 bits per heavy atom. The molecule has 2 aromatic rings. The maximum absolute atomic E-state index is 12.1. The quantitative estimate of drug-likeness (QED) is 0.811. The van der Waals surface area contributed by atoms with E-state index in [1.54, 1.807) is 23.5 Å². The first-order valence-electron chi connectivity index (χ1n) is 8.49. The lowest BCUT2D eigenvalue weighted by Gasteiger charge is -2.11. The molecule has 0 bridgehead atoms. The van der Waals surface area contributed by atoms with E-state index in [4.69, 9.17) is 0 Å². The third-order valence-electron chi connectivity index (χ3n) is 4.29. The van der Waals surface area contributed by atoms with Crippen molar-refractivity contribution in [3.05, 3.63) is 51.5 Å². The molecule has 0 spiro atoms. The highest BCUT2D eigenvalue weighted by atomic mass is 32.1. The van der Waals surface area contributed by atoms with E-state index in [1.165, 1.54) is 23.4 Å². The predicted molar refractivity (Wildman–Crippen MR) is 95.3 cm³/mol. The fourth-order valence-corrected chi connectivity index (χ4v) is 4.08. The molecule has 1 heterocycles. The topological polar surface area (TPSA) is 59.1 Å². The normalized spacial score (nSPS) is 14.7. The Kier molecular flexibility index (Phi) is 5.41. The number of benzene rings is 1. The fourth-order valence-electron chi connectivity index (χ4n) is 2.93. The maximum Gasteiger partial charge on any atom is 0.221 e. The van der Waals surface area contributed by atoms with Gasteiger partial charge in [0.25, 0.3) is 0 Å². The summed E-state index contributed by atoms with van der Waals surface area (Å²) in [6, 6.07) is 9.00. The zero-order chi connectivity index (χ0) is 16.9. The third kappa shape index (κ3) is 4.09. The zero-order valence-corrected chi connectivity index (χ0v) is 14.7. The second-order valence-corrected chi connectivity index (χ2v) is 7.32. The van der Waals surface area contributed by atoms with Crippen molar-refractivity contribution in [2.24, 2.45) is 0 Å². The van der Waals surface area contributed by atoms with Gasteiger partial charge in [0.15, 0.2) is 5.78 Å². The molecule has 126 valence electrons. The first-order chi connectivity index (χ1) is 11.6. The molecule has 1 aliphatic rings. The Morgan fingerprint density at radius 3 is 2.67 bits per heavy atom. The van der Waals surface area contributed by atoms with Crippen LogP contribution in [0.15, 0.2) is 30.3 Å². The Balaban J connectivity index is 1.51. The monoisotopic (exact) mass is 342 g/mol. The molecule has 1 amide bonds. The number of nitrogens with one attached hydrogen (secondary N) is 1. The first-order valence-corrected chi connectivity index (χ1v) is 9.31. The number of hydrogen-bond acceptors (Lipinski definition) is 4. The Labute approximate surface area is 146 Å². The summed E-state index contributed by atoms with van der Waals surface area (Å²) < 4.78 is 0. The number of aromatic nitrogens is 1. The Hall–Kier alpha value is -2.01. The highest BCUT2D eigenvalue weighted by Gasteiger charge is 2.19. The molecule has 0 unspecified atom stereocenters. The van der Waals surface area contributed by atoms with Gasteiger partial charge in [-0.3, -0.25) is 9.59 Å². The minimum atomic E-state index is -0.0973. The lowest BCUT2D eigenvalue weighted by Crippen LogP contribution is -2.26. The van der Waals surface area contributed by atoms with Crippen molar-refractivity contribution >= 4 is 23.0 Å². The van der Waals surface area contributed by atoms with Crippen molar-refractivity contribution in [3.63, 3.8) is 0 Å². The number of fused-ring (bicyclic) bond motifs is 1. The van der Waals surface area contributed by atoms with Gasteiger partial charge in [0.2, 0.25) is 5.91 Å². The molecule has 1 aromatic carbocycles. The Bertz CT molecular complexity index is 701. The van der Waals surface area contributed by atoms with Gasteiger partial charge in [-0.1, -0.05) is 30.3 Å². The summed E-state index contributed by atoms with van der Waals surface area (Å²) in [4.78, 5) is 30.2. The van der Waals surface area contributed by atoms with Crippen LogP contribution < -0.4 is 5.32 Å². The number of carbonyl (C=O) groups is 2. The number of Topliss-reactive ketones (excluding diaryl/α,β-unsaturated/α-hetero) is 1. The number of nitrogens with zero attached hydrogens (tertiary/aromatic N) is 1. The smallest absolute Gasteiger partial charge is 0.221 e. The third-order valence-corrected chi connectivity index (χ3v) is 5.63. The van der Waals surface area contributed by atoms with Crippen molar-refractivity contribution in [2.75, 3.05) is 0 Å². The zero-order valence-electron chi connectivity index (χ0n) is 13.9. The fraction of sp³-hybridized carbons (Fsp3) is 0.421. The standard InChI is InChI=1S/C19H22N2O2S/c1-13(19-21-15-9-5-6-10-17(15)24-19)20-18(23)12-11-16(22)14-7-3-2-4-8-14/h2-4,7-8,13H,5-6,9-12H2,1H3,(H,20,23)/t13-/m0/s1. The van der Waals surface area contributed by atoms with Gasteiger partial charge < -0.3 is 5.32 Å². The van der Waals surface area contributed by atoms with Crippen LogP contribution in [-0.4, -0.2) is 16.7 Å². The molecule has 24 heavy (non-hydrogen) atoms. The van der Waals surface area contributed by atoms with E-state index in [-0.39, 0.29) is 30.6 Å². The molecule has 0 saturated heterocycles. The number of ketones is 1. The molecular formula is C19H22N2O2S. The van der Waals surface area contributed by atoms with Crippen LogP contribution >= 0.6 is 11.3 Å². The predicted octanol–water partition coefficient (Wildman–Crippen LogP) is 3.86. The van der Waals surface area contributed by atoms with Gasteiger partial charge in [0.05, 0.1) is 11.7 Å². The lowest BCUT2D eigenvalue weighted by molar-refractivity contribution is -0.121. The SMILES string of the molecule is C[C@H](NC(=O)CCC(=O)c1ccccc1)c1nc2c(s1)CCCC2. The van der Waals surface area contributed by atoms with Crippen molar-refractivity contribution in [2.45, 2.75) is 51.5 Å². The van der Waals surface area contributed by atoms with E-state index in [0.717, 1.165) is 17.8 Å². The van der Waals surface area contributed by atoms with Crippen LogP contribution in [0.3, 0.4) is 0 Å². The lowest BCUT2D eigenvalue weighted by atomic mass is 10.0. The molecule has 0 saturated carbocycles. The van der Waals surface area contributed by atoms with E-state index >= 15 is 0 Å². The molecule has 5 heteroatoms. The number of hydrogen-bond donors (Lipinski definition) is 1. The van der Waals surface area contributed by atoms with Crippen LogP contribution in [0.5, 0.6) is 0 Å². The van der Waals surface area contributed by atoms with Crippen LogP contribution in [0.2, 0.25) is 0 Å². The largest absolute Gasteiger partial charge is 0.347 e. The van der Waals surface area contributed by atoms with Gasteiger partial charge in [0.1, 0.15) is 5.01 Å². The second-order valence-electron chi connectivity index (χ2n) is 6.21. The van der Waals surface area contributed by atoms with Crippen LogP contribution in [0.25, 0.3) is 0 Å². The minimum absolute atomic E-state index is 0.00288. The summed E-state index contributed by atoms with van der Waals surface area (Å²) >= 11 is 1.71. The minimum Gasteiger partial charge on any atom is -0.347 e. The highest BCUT2D eigenvalue weighted by Crippen LogP contribution is 2.29. The van der Waals surface area contributed by atoms with E-state index in [0.29, 0.717) is 5.56 Å². The van der Waals surface area contributed by atoms with Crippen LogP contribution in [0.1, 0.15) is 64.6 Å². The van der Waals surface area contributed by atoms with Gasteiger partial charge in [-0.15, -0.1) is 11.3 Å². The van der Waals surface area contributed by atoms with Crippen LogP contribution in [-0.2, 0) is 17.6 Å². The van der Waals surface area contributed by atoms with Crippen molar-refractivity contribution in [1.82, 2.24) is 10.3 Å². The summed E-state index contributed by atoms with van der Waals surface area (Å²) in [5, 5.41) is 3.95. The van der Waals surface area contributed by atoms with E-state index in [2.05, 4.69) is 10.3 Å². The van der Waals surface area contributed by atoms with E-state index in [9.17, 15) is 9.59 Å². The molecular weight excluding hydrogens is 320 g/mol. The van der Waals surface area contributed by atoms with Gasteiger partial charge in [-0.25, -0.2) is 4.98 Å². The molecule has 0 fully saturated rings. The molecule has 0 radical (unpaired) electrons. The second kappa shape index (κ2) is 7.71. The molecule has 4 nitrogen and oxygen atoms in total. The summed E-state index contributed by atoms with van der Waals surface area (Å²) in [6.45, 7) is 1.96. The molecule has 1 atom stereocenters. The van der Waals surface area contributed by atoms with Crippen molar-refractivity contribution < 1.29 is 9.59 Å². The van der Waals surface area contributed by atoms with Crippen LogP contribution in [0.4, 0.5) is 0 Å². The molecule has 0 aliphatic heterocycles. The van der Waals surface area contributed by atoms with Crippen molar-refractivity contribution in [3.8, 4) is 0 Å². The summed E-state index contributed by atoms with van der Waals surface area (Å²) in [5.41, 5.74) is 1.87. The number of rotatable bonds is 6. The maximum atomic E-state index is 12.1. The van der Waals surface area contributed by atoms with Gasteiger partial charge in [-0.05, 0) is 32.6 Å². The summed E-state index contributed by atoms with van der Waals surface area (Å²) in [7, 11) is 0. The summed E-state index contributed by atoms with van der Waals surface area (Å²) in [5.74, 6) is -0.0944. The number of aryl methyl sites for hydroxylation is 2. The highest BCUT2D eigenvalue weighted by molar-refractivity contribution is 7.11. The molecule has 1 N–H and O–H groups in total. The number of carbonyl (C=O) groups excluding carboxylic acids is 2. The molecule has 3 rings (SSSR count). The van der Waals surface area contributed by atoms with Crippen molar-refractivity contribution in [1.29, 1.82) is 0 Å². The van der Waals surface area contributed by atoms with Crippen LogP contribution in [0, 0.1) is 0 Å². The van der Waals surface area contributed by atoms with Gasteiger partial charge >= 0.3 is 0 Å². The number of amides is 1. The van der Waals surface area contributed by atoms with Gasteiger partial charge in [-0.2, -0.15) is 0 Å². The van der Waals surface area contributed by atoms with Gasteiger partial charge in [0, 0.05) is 23.3 Å².